The summed E-state index contributed by atoms with van der Waals surface area (Å²) in [5.74, 6) is -0.0142. The Morgan fingerprint density at radius 1 is 1.32 bits per heavy atom. The topological polar surface area (TPSA) is 65.4 Å². The summed E-state index contributed by atoms with van der Waals surface area (Å²) < 4.78 is 37.3. The highest BCUT2D eigenvalue weighted by atomic mass is 35.5. The molecule has 0 aliphatic rings. The van der Waals surface area contributed by atoms with Gasteiger partial charge in [0.1, 0.15) is 5.82 Å². The zero-order valence-corrected chi connectivity index (χ0v) is 10.9. The molecule has 8 heteroatoms. The van der Waals surface area contributed by atoms with Crippen molar-refractivity contribution in [2.45, 2.75) is 25.1 Å². The smallest absolute Gasteiger partial charge is 0.394 e. The summed E-state index contributed by atoms with van der Waals surface area (Å²) in [5.41, 5.74) is -2.03. The molecule has 1 aromatic heterocycles. The number of pyridine rings is 1. The van der Waals surface area contributed by atoms with Gasteiger partial charge in [0.2, 0.25) is 0 Å². The molecule has 19 heavy (non-hydrogen) atoms. The van der Waals surface area contributed by atoms with E-state index in [2.05, 4.69) is 10.3 Å². The molecule has 0 aromatic carbocycles. The van der Waals surface area contributed by atoms with Crippen LogP contribution >= 0.6 is 11.6 Å². The first kappa shape index (κ1) is 16.0. The summed E-state index contributed by atoms with van der Waals surface area (Å²) in [6.45, 7) is 0.898. The molecular weight excluding hydrogens is 285 g/mol. The molecule has 0 spiro atoms. The fraction of sp³-hybridized carbons (Fsp3) is 0.545. The third-order valence-electron chi connectivity index (χ3n) is 2.83. The van der Waals surface area contributed by atoms with E-state index in [1.54, 1.807) is 6.92 Å². The van der Waals surface area contributed by atoms with Gasteiger partial charge >= 0.3 is 6.18 Å². The number of aliphatic hydroxyl groups excluding tert-OH is 2. The van der Waals surface area contributed by atoms with E-state index in [0.717, 1.165) is 6.07 Å². The minimum atomic E-state index is -4.52. The molecule has 0 amide bonds. The molecule has 0 fully saturated rings. The molecule has 0 atom stereocenters. The summed E-state index contributed by atoms with van der Waals surface area (Å²) in [6, 6.07) is 0.742. The van der Waals surface area contributed by atoms with Crippen molar-refractivity contribution in [2.75, 3.05) is 18.5 Å². The quantitative estimate of drug-likeness (QED) is 0.780. The number of rotatable bonds is 5. The molecular formula is C11H14ClF3N2O2. The number of aromatic nitrogens is 1. The standard InChI is InChI=1S/C11H14ClF3N2O2/c1-2-10(5-18,6-19)17-9-8(12)3-7(4-16-9)11(13,14)15/h3-4,18-19H,2,5-6H2,1H3,(H,16,17). The fourth-order valence-corrected chi connectivity index (χ4v) is 1.59. The fourth-order valence-electron chi connectivity index (χ4n) is 1.38. The first-order valence-electron chi connectivity index (χ1n) is 5.50. The lowest BCUT2D eigenvalue weighted by Crippen LogP contribution is -2.45. The highest BCUT2D eigenvalue weighted by Gasteiger charge is 2.33. The molecule has 1 rings (SSSR count). The van der Waals surface area contributed by atoms with Gasteiger partial charge in [0.05, 0.1) is 29.3 Å². The number of hydrogen-bond donors (Lipinski definition) is 3. The monoisotopic (exact) mass is 298 g/mol. The van der Waals surface area contributed by atoms with Gasteiger partial charge in [-0.2, -0.15) is 13.2 Å². The summed E-state index contributed by atoms with van der Waals surface area (Å²) in [6.07, 6.45) is -3.53. The van der Waals surface area contributed by atoms with E-state index in [9.17, 15) is 23.4 Å². The van der Waals surface area contributed by atoms with Gasteiger partial charge in [0, 0.05) is 6.20 Å². The molecule has 108 valence electrons. The lowest BCUT2D eigenvalue weighted by Gasteiger charge is -2.30. The van der Waals surface area contributed by atoms with Crippen molar-refractivity contribution in [3.63, 3.8) is 0 Å². The molecule has 0 bridgehead atoms. The molecule has 0 radical (unpaired) electrons. The van der Waals surface area contributed by atoms with Crippen molar-refractivity contribution in [1.82, 2.24) is 4.98 Å². The van der Waals surface area contributed by atoms with Gasteiger partial charge in [-0.25, -0.2) is 4.98 Å². The zero-order valence-electron chi connectivity index (χ0n) is 10.1. The maximum atomic E-state index is 12.4. The van der Waals surface area contributed by atoms with Crippen LogP contribution < -0.4 is 5.32 Å². The first-order chi connectivity index (χ1) is 8.78. The van der Waals surface area contributed by atoms with E-state index < -0.39 is 30.5 Å². The molecule has 1 aromatic rings. The van der Waals surface area contributed by atoms with Crippen LogP contribution in [0.4, 0.5) is 19.0 Å². The van der Waals surface area contributed by atoms with Gasteiger partial charge in [0.15, 0.2) is 0 Å². The van der Waals surface area contributed by atoms with Crippen molar-refractivity contribution >= 4 is 17.4 Å². The van der Waals surface area contributed by atoms with Crippen LogP contribution in [-0.2, 0) is 6.18 Å². The molecule has 1 heterocycles. The Kier molecular flexibility index (Phi) is 5.00. The Balaban J connectivity index is 3.04. The van der Waals surface area contributed by atoms with Gasteiger partial charge in [-0.15, -0.1) is 0 Å². The van der Waals surface area contributed by atoms with Crippen molar-refractivity contribution in [1.29, 1.82) is 0 Å². The number of halogens is 4. The Labute approximate surface area is 113 Å². The van der Waals surface area contributed by atoms with Crippen molar-refractivity contribution < 1.29 is 23.4 Å². The maximum absolute atomic E-state index is 12.4. The van der Waals surface area contributed by atoms with E-state index in [1.165, 1.54) is 0 Å². The summed E-state index contributed by atoms with van der Waals surface area (Å²) in [7, 11) is 0. The van der Waals surface area contributed by atoms with Crippen molar-refractivity contribution in [2.24, 2.45) is 0 Å². The molecule has 0 unspecified atom stereocenters. The zero-order chi connectivity index (χ0) is 14.7. The number of alkyl halides is 3. The van der Waals surface area contributed by atoms with Gasteiger partial charge in [-0.05, 0) is 12.5 Å². The highest BCUT2D eigenvalue weighted by molar-refractivity contribution is 6.33. The minimum Gasteiger partial charge on any atom is -0.394 e. The molecule has 3 N–H and O–H groups in total. The summed E-state index contributed by atoms with van der Waals surface area (Å²) in [4.78, 5) is 3.59. The second-order valence-corrected chi connectivity index (χ2v) is 4.53. The van der Waals surface area contributed by atoms with Crippen LogP contribution in [0.1, 0.15) is 18.9 Å². The number of hydrogen-bond acceptors (Lipinski definition) is 4. The van der Waals surface area contributed by atoms with Gasteiger partial charge < -0.3 is 15.5 Å². The van der Waals surface area contributed by atoms with Crippen LogP contribution in [0.2, 0.25) is 5.02 Å². The van der Waals surface area contributed by atoms with Crippen LogP contribution in [0.25, 0.3) is 0 Å². The summed E-state index contributed by atoms with van der Waals surface area (Å²) in [5, 5.41) is 20.9. The molecule has 0 aliphatic heterocycles. The normalized spacial score (nSPS) is 12.6. The van der Waals surface area contributed by atoms with Gasteiger partial charge in [0.25, 0.3) is 0 Å². The number of aliphatic hydroxyl groups is 2. The van der Waals surface area contributed by atoms with Crippen LogP contribution in [0.5, 0.6) is 0 Å². The minimum absolute atomic E-state index is 0.0142. The largest absolute Gasteiger partial charge is 0.417 e. The number of anilines is 1. The summed E-state index contributed by atoms with van der Waals surface area (Å²) >= 11 is 5.72. The third-order valence-corrected chi connectivity index (χ3v) is 3.12. The van der Waals surface area contributed by atoms with Crippen LogP contribution in [0.15, 0.2) is 12.3 Å². The second-order valence-electron chi connectivity index (χ2n) is 4.13. The molecule has 0 saturated carbocycles. The van der Waals surface area contributed by atoms with E-state index in [1.807, 2.05) is 0 Å². The van der Waals surface area contributed by atoms with E-state index in [-0.39, 0.29) is 10.8 Å². The van der Waals surface area contributed by atoms with Crippen LogP contribution in [0.3, 0.4) is 0 Å². The predicted octanol–water partition coefficient (Wildman–Crippen LogP) is 2.30. The number of nitrogens with zero attached hydrogens (tertiary/aromatic N) is 1. The lowest BCUT2D eigenvalue weighted by molar-refractivity contribution is -0.137. The number of nitrogens with one attached hydrogen (secondary N) is 1. The molecule has 0 aliphatic carbocycles. The van der Waals surface area contributed by atoms with E-state index in [4.69, 9.17) is 11.6 Å². The highest BCUT2D eigenvalue weighted by Crippen LogP contribution is 2.33. The molecule has 4 nitrogen and oxygen atoms in total. The van der Waals surface area contributed by atoms with Crippen LogP contribution in [-0.4, -0.2) is 33.9 Å². The maximum Gasteiger partial charge on any atom is 0.417 e. The average Bonchev–Trinajstić information content (AvgIpc) is 2.37. The lowest BCUT2D eigenvalue weighted by atomic mass is 9.98. The predicted molar refractivity (Wildman–Crippen MR) is 65.1 cm³/mol. The average molecular weight is 299 g/mol. The Bertz CT molecular complexity index is 428. The van der Waals surface area contributed by atoms with E-state index in [0.29, 0.717) is 12.6 Å². The van der Waals surface area contributed by atoms with E-state index >= 15 is 0 Å². The van der Waals surface area contributed by atoms with Crippen molar-refractivity contribution in [3.8, 4) is 0 Å². The Morgan fingerprint density at radius 2 is 1.89 bits per heavy atom. The van der Waals surface area contributed by atoms with Gasteiger partial charge in [-0.1, -0.05) is 18.5 Å². The van der Waals surface area contributed by atoms with Gasteiger partial charge in [-0.3, -0.25) is 0 Å². The Morgan fingerprint density at radius 3 is 2.26 bits per heavy atom. The second kappa shape index (κ2) is 5.94. The SMILES string of the molecule is CCC(CO)(CO)Nc1ncc(C(F)(F)F)cc1Cl. The molecule has 0 saturated heterocycles. The Hall–Kier alpha value is -1.05. The van der Waals surface area contributed by atoms with Crippen LogP contribution in [0, 0.1) is 0 Å². The van der Waals surface area contributed by atoms with Crippen molar-refractivity contribution in [3.05, 3.63) is 22.8 Å². The third kappa shape index (κ3) is 3.71. The first-order valence-corrected chi connectivity index (χ1v) is 5.88.